The molecule has 3 aromatic rings. The molecule has 1 aromatic heterocycles. The van der Waals surface area contributed by atoms with Crippen LogP contribution in [0.15, 0.2) is 48.8 Å². The van der Waals surface area contributed by atoms with Crippen LogP contribution in [0.5, 0.6) is 5.75 Å². The molecular formula is C44H55N9O5. The molecule has 3 saturated heterocycles. The highest BCUT2D eigenvalue weighted by molar-refractivity contribution is 6.04. The first-order chi connectivity index (χ1) is 27.6. The van der Waals surface area contributed by atoms with Gasteiger partial charge in [-0.15, -0.1) is 0 Å². The zero-order valence-electron chi connectivity index (χ0n) is 34.5. The van der Waals surface area contributed by atoms with Gasteiger partial charge in [-0.05, 0) is 86.6 Å². The fourth-order valence-electron chi connectivity index (χ4n) is 10.3. The number of nitrogens with two attached hydrogens (primary N) is 1. The Morgan fingerprint density at radius 2 is 1.55 bits per heavy atom. The van der Waals surface area contributed by atoms with Crippen LogP contribution in [-0.2, 0) is 9.59 Å². The number of amides is 4. The molecule has 306 valence electrons. The maximum atomic E-state index is 14.7. The standard InChI is InChI=1S/C44H55N9O5/c1-27-21-32(22-28(2)33(27)23-45)58-42-43(3,4)41(44(42,5)6)53(35-11-12-37(54)49-39(35)56)40(57)30-7-9-31(10-8-30)51-15-13-29(14-16-51)26-50-17-19-52(20-18-50)36-25-47-34(24-48-36)38(46)55/h7-10,21-22,24-25,29,35,41-42H,11-20,26H2,1-6H3,(H2,46,55)(H,49,54,56)/t35-,41?,42?/m0/s1. The van der Waals surface area contributed by atoms with Gasteiger partial charge in [0.2, 0.25) is 11.8 Å². The van der Waals surface area contributed by atoms with E-state index in [0.29, 0.717) is 22.8 Å². The number of aromatic nitrogens is 2. The average molecular weight is 790 g/mol. The van der Waals surface area contributed by atoms with Crippen LogP contribution in [0.4, 0.5) is 11.5 Å². The molecule has 14 nitrogen and oxygen atoms in total. The van der Waals surface area contributed by atoms with E-state index >= 15 is 0 Å². The third kappa shape index (κ3) is 7.84. The van der Waals surface area contributed by atoms with E-state index in [0.717, 1.165) is 81.3 Å². The number of aryl methyl sites for hydroxylation is 2. The number of carbonyl (C=O) groups is 4. The molecule has 4 amide bonds. The molecule has 7 rings (SSSR count). The van der Waals surface area contributed by atoms with Crippen molar-refractivity contribution in [2.24, 2.45) is 22.5 Å². The number of hydrogen-bond donors (Lipinski definition) is 2. The molecule has 1 aliphatic carbocycles. The molecule has 2 aromatic carbocycles. The maximum absolute atomic E-state index is 14.7. The lowest BCUT2D eigenvalue weighted by Crippen LogP contribution is -2.77. The molecule has 0 spiro atoms. The second-order valence-electron chi connectivity index (χ2n) is 17.7. The van der Waals surface area contributed by atoms with Gasteiger partial charge < -0.3 is 25.2 Å². The Bertz CT molecular complexity index is 2060. The van der Waals surface area contributed by atoms with E-state index in [2.05, 4.69) is 63.7 Å². The number of piperidine rings is 2. The van der Waals surface area contributed by atoms with Crippen LogP contribution < -0.4 is 25.6 Å². The van der Waals surface area contributed by atoms with E-state index in [1.807, 2.05) is 50.2 Å². The predicted molar refractivity (Wildman–Crippen MR) is 219 cm³/mol. The van der Waals surface area contributed by atoms with Crippen molar-refractivity contribution in [3.05, 3.63) is 76.7 Å². The lowest BCUT2D eigenvalue weighted by Gasteiger charge is -2.66. The first-order valence-corrected chi connectivity index (χ1v) is 20.4. The number of primary amides is 1. The van der Waals surface area contributed by atoms with Crippen LogP contribution >= 0.6 is 0 Å². The van der Waals surface area contributed by atoms with Crippen LogP contribution in [-0.4, -0.2) is 107 Å². The minimum atomic E-state index is -0.806. The molecule has 1 atom stereocenters. The quantitative estimate of drug-likeness (QED) is 0.281. The van der Waals surface area contributed by atoms with Gasteiger partial charge in [0.05, 0.1) is 30.1 Å². The van der Waals surface area contributed by atoms with Crippen molar-refractivity contribution < 1.29 is 23.9 Å². The number of imide groups is 1. The van der Waals surface area contributed by atoms with Gasteiger partial charge >= 0.3 is 0 Å². The summed E-state index contributed by atoms with van der Waals surface area (Å²) in [4.78, 5) is 69.1. The topological polar surface area (TPSA) is 178 Å². The van der Waals surface area contributed by atoms with Crippen molar-refractivity contribution in [3.63, 3.8) is 0 Å². The number of hydrogen-bond acceptors (Lipinski definition) is 11. The zero-order valence-corrected chi connectivity index (χ0v) is 34.5. The molecular weight excluding hydrogens is 735 g/mol. The summed E-state index contributed by atoms with van der Waals surface area (Å²) in [6.45, 7) is 18.5. The minimum absolute atomic E-state index is 0.159. The summed E-state index contributed by atoms with van der Waals surface area (Å²) in [5, 5.41) is 12.1. The van der Waals surface area contributed by atoms with Crippen LogP contribution in [0, 0.1) is 41.9 Å². The molecule has 3 N–H and O–H groups in total. The van der Waals surface area contributed by atoms with Crippen molar-refractivity contribution >= 4 is 35.1 Å². The van der Waals surface area contributed by atoms with Crippen LogP contribution in [0.3, 0.4) is 0 Å². The van der Waals surface area contributed by atoms with Crippen LogP contribution in [0.25, 0.3) is 0 Å². The Morgan fingerprint density at radius 3 is 2.10 bits per heavy atom. The lowest BCUT2D eigenvalue weighted by molar-refractivity contribution is -0.206. The zero-order chi connectivity index (χ0) is 41.5. The largest absolute Gasteiger partial charge is 0.489 e. The summed E-state index contributed by atoms with van der Waals surface area (Å²) >= 11 is 0. The second kappa shape index (κ2) is 16.0. The summed E-state index contributed by atoms with van der Waals surface area (Å²) in [5.74, 6) is 0.404. The van der Waals surface area contributed by atoms with Gasteiger partial charge in [0.15, 0.2) is 0 Å². The molecule has 0 radical (unpaired) electrons. The number of nitrogens with zero attached hydrogens (tertiary/aromatic N) is 7. The molecule has 58 heavy (non-hydrogen) atoms. The van der Waals surface area contributed by atoms with E-state index in [9.17, 15) is 24.4 Å². The smallest absolute Gasteiger partial charge is 0.268 e. The molecule has 3 aliphatic heterocycles. The SMILES string of the molecule is Cc1cc(OC2C(C)(C)C(N(C(=O)c3ccc(N4CCC(CN5CCN(c6cnc(C(N)=O)cn6)CC5)CC4)cc3)[C@H]3CCC(=O)NC3=O)C2(C)C)cc(C)c1C#N. The van der Waals surface area contributed by atoms with Gasteiger partial charge in [-0.1, -0.05) is 27.7 Å². The number of piperazine rings is 1. The number of ether oxygens (including phenoxy) is 1. The number of benzene rings is 2. The Morgan fingerprint density at radius 1 is 0.914 bits per heavy atom. The molecule has 0 unspecified atom stereocenters. The average Bonchev–Trinajstić information content (AvgIpc) is 3.19. The second-order valence-corrected chi connectivity index (χ2v) is 17.7. The van der Waals surface area contributed by atoms with Gasteiger partial charge in [-0.2, -0.15) is 5.26 Å². The van der Waals surface area contributed by atoms with Crippen molar-refractivity contribution in [2.75, 3.05) is 55.6 Å². The monoisotopic (exact) mass is 789 g/mol. The van der Waals surface area contributed by atoms with E-state index < -0.39 is 28.7 Å². The molecule has 4 heterocycles. The fourth-order valence-corrected chi connectivity index (χ4v) is 10.3. The molecule has 14 heteroatoms. The Hall–Kier alpha value is -5.55. The Balaban J connectivity index is 0.994. The predicted octanol–water partition coefficient (Wildman–Crippen LogP) is 4.23. The van der Waals surface area contributed by atoms with E-state index in [1.54, 1.807) is 11.1 Å². The molecule has 1 saturated carbocycles. The normalized spacial score (nSPS) is 23.4. The summed E-state index contributed by atoms with van der Waals surface area (Å²) in [6, 6.07) is 12.6. The maximum Gasteiger partial charge on any atom is 0.268 e. The minimum Gasteiger partial charge on any atom is -0.489 e. The van der Waals surface area contributed by atoms with Crippen LogP contribution in [0.2, 0.25) is 0 Å². The molecule has 0 bridgehead atoms. The number of rotatable bonds is 10. The lowest BCUT2D eigenvalue weighted by atomic mass is 9.48. The summed E-state index contributed by atoms with van der Waals surface area (Å²) in [7, 11) is 0. The van der Waals surface area contributed by atoms with Crippen molar-refractivity contribution in [1.82, 2.24) is 25.1 Å². The summed E-state index contributed by atoms with van der Waals surface area (Å²) in [5.41, 5.74) is 8.20. The van der Waals surface area contributed by atoms with Gasteiger partial charge in [0, 0.05) is 74.3 Å². The van der Waals surface area contributed by atoms with Crippen LogP contribution in [0.1, 0.15) is 90.9 Å². The Kier molecular flexibility index (Phi) is 11.2. The van der Waals surface area contributed by atoms with Crippen molar-refractivity contribution in [3.8, 4) is 11.8 Å². The highest BCUT2D eigenvalue weighted by Crippen LogP contribution is 2.59. The number of anilines is 2. The number of carbonyl (C=O) groups excluding carboxylic acids is 4. The first-order valence-electron chi connectivity index (χ1n) is 20.4. The summed E-state index contributed by atoms with van der Waals surface area (Å²) in [6.07, 6.45) is 5.30. The van der Waals surface area contributed by atoms with Gasteiger partial charge in [0.25, 0.3) is 11.8 Å². The number of nitrogens with one attached hydrogen (secondary N) is 1. The third-order valence-electron chi connectivity index (χ3n) is 12.9. The van der Waals surface area contributed by atoms with Crippen molar-refractivity contribution in [1.29, 1.82) is 5.26 Å². The third-order valence-corrected chi connectivity index (χ3v) is 12.9. The molecule has 4 fully saturated rings. The van der Waals surface area contributed by atoms with Gasteiger partial charge in [-0.3, -0.25) is 29.4 Å². The van der Waals surface area contributed by atoms with E-state index in [-0.39, 0.29) is 42.5 Å². The highest BCUT2D eigenvalue weighted by atomic mass is 16.5. The van der Waals surface area contributed by atoms with Gasteiger partial charge in [0.1, 0.15) is 29.4 Å². The number of nitriles is 1. The Labute approximate surface area is 340 Å². The van der Waals surface area contributed by atoms with E-state index in [4.69, 9.17) is 10.5 Å². The van der Waals surface area contributed by atoms with Gasteiger partial charge in [-0.25, -0.2) is 9.97 Å². The highest BCUT2D eigenvalue weighted by Gasteiger charge is 2.67. The van der Waals surface area contributed by atoms with E-state index in [1.165, 1.54) is 6.20 Å². The fraction of sp³-hybridized carbons (Fsp3) is 0.523. The van der Waals surface area contributed by atoms with Crippen molar-refractivity contribution in [2.45, 2.75) is 85.4 Å². The first kappa shape index (κ1) is 40.6. The molecule has 4 aliphatic rings. The summed E-state index contributed by atoms with van der Waals surface area (Å²) < 4.78 is 6.67.